The summed E-state index contributed by atoms with van der Waals surface area (Å²) in [4.78, 5) is 149. The Morgan fingerprint density at radius 1 is 0.406 bits per heavy atom. The van der Waals surface area contributed by atoms with Gasteiger partial charge < -0.3 is 97.7 Å². The van der Waals surface area contributed by atoms with Gasteiger partial charge in [0.05, 0.1) is 118 Å². The molecule has 8 amide bonds. The SMILES string of the molecule is Cc1nc(C(=O)N(C)C)sc1-c1csc(Nc2cc(C(N)=O)ccc2OC(C)C)n1.Cc1nc(C(=O)N(C)CCN(C)C)sc1-c1csc(Nc2cc(C(N)=O)ccc2OC(C)C)n1.Cc1nc(C(=O)N2CCC(O)CC2)sc1-c1csc(Nc2cc(C(N)=O)ccc2OC(C)C)n1.Cc1nc(C(=O)N2CCCN(C)CC2)sc1-c1csc(Nc2cc(C(N)=O)ccc2OC(C)C)n1. The zero-order valence-electron chi connectivity index (χ0n) is 77.1. The standard InChI is InChI=1S/C24H30N6O3S2.C23H30N6O3S2.C23H27N5O4S2.C20H23N5O3S2/c1-14(2)33-19-7-6-16(21(25)31)12-17(19)27-24-28-18(13-34-24)20-15(3)26-22(35-20)23(32)30-9-5-8-29(4)10-11-30;1-13(2)32-18-8-7-15(20(24)30)11-16(18)26-23-27-17(12-33-23)19-14(3)25-21(34-19)22(31)29(6)10-9-28(4)5;1-12(2)32-18-5-4-14(20(24)30)10-16(18)26-23-27-17(11-33-23)19-13(3)25-21(34-19)22(31)28-8-6-15(29)7-9-28;1-10(2)28-15-7-6-12(17(21)26)8-13(15)23-20-24-14(9-29-20)16-11(3)22-18(30-16)19(27)25(4)5/h6-7,12-14H,5,8-11H2,1-4H3,(H2,25,31)(H,27,28);7-8,11-13H,9-10H2,1-6H3,(H2,24,30)(H,26,27);4-5,10-12,15,29H,6-9H2,1-3H3,(H2,24,30)(H,26,27);6-10H,1-5H3,(H2,21,26)(H,23,24). The molecule has 13 N–H and O–H groups in total. The van der Waals surface area contributed by atoms with Crippen LogP contribution in [0.5, 0.6) is 23.0 Å². The summed E-state index contributed by atoms with van der Waals surface area (Å²) in [5, 5.41) is 34.5. The molecule has 35 nitrogen and oxygen atoms in total. The molecule has 2 saturated heterocycles. The van der Waals surface area contributed by atoms with Crippen LogP contribution in [0.1, 0.15) is 178 Å². The fraction of sp³-hybridized carbons (Fsp3) is 0.378. The normalized spacial score (nSPS) is 12.9. The van der Waals surface area contributed by atoms with Gasteiger partial charge >= 0.3 is 0 Å². The van der Waals surface area contributed by atoms with Crippen LogP contribution in [0.2, 0.25) is 0 Å². The molecule has 706 valence electrons. The van der Waals surface area contributed by atoms with Crippen molar-refractivity contribution in [1.29, 1.82) is 0 Å². The van der Waals surface area contributed by atoms with Gasteiger partial charge in [0.15, 0.2) is 40.6 Å². The first-order chi connectivity index (χ1) is 63.1. The van der Waals surface area contributed by atoms with Crippen molar-refractivity contribution in [3.8, 4) is 65.3 Å². The number of carbonyl (C=O) groups is 8. The number of nitrogens with zero attached hydrogens (tertiary/aromatic N) is 14. The van der Waals surface area contributed by atoms with E-state index in [1.54, 1.807) is 104 Å². The fourth-order valence-corrected chi connectivity index (χ4v) is 20.3. The highest BCUT2D eigenvalue weighted by atomic mass is 32.1. The Morgan fingerprint density at radius 2 is 0.699 bits per heavy atom. The molecule has 0 bridgehead atoms. The number of rotatable bonds is 31. The second-order valence-electron chi connectivity index (χ2n) is 32.6. The Kier molecular flexibility index (Phi) is 35.2. The summed E-state index contributed by atoms with van der Waals surface area (Å²) >= 11 is 11.0. The molecule has 0 spiro atoms. The molecular weight excluding hydrogens is 1850 g/mol. The Labute approximate surface area is 803 Å². The Hall–Kier alpha value is -12.0. The van der Waals surface area contributed by atoms with Crippen LogP contribution in [-0.2, 0) is 0 Å². The van der Waals surface area contributed by atoms with Gasteiger partial charge in [-0.1, -0.05) is 0 Å². The minimum atomic E-state index is -0.528. The number of primary amides is 4. The first-order valence-electron chi connectivity index (χ1n) is 42.4. The van der Waals surface area contributed by atoms with E-state index in [9.17, 15) is 43.5 Å². The lowest BCUT2D eigenvalue weighted by Gasteiger charge is -2.28. The highest BCUT2D eigenvalue weighted by Crippen LogP contribution is 2.43. The van der Waals surface area contributed by atoms with Crippen molar-refractivity contribution in [2.45, 2.75) is 133 Å². The van der Waals surface area contributed by atoms with Crippen molar-refractivity contribution in [2.75, 3.05) is 116 Å². The number of benzene rings is 4. The van der Waals surface area contributed by atoms with Crippen molar-refractivity contribution < 1.29 is 62.4 Å². The van der Waals surface area contributed by atoms with E-state index >= 15 is 0 Å². The molecule has 4 aromatic carbocycles. The lowest BCUT2D eigenvalue weighted by atomic mass is 10.1. The number of aliphatic hydroxyl groups is 1. The average molecular weight is 1960 g/mol. The lowest BCUT2D eigenvalue weighted by Crippen LogP contribution is -2.40. The third-order valence-electron chi connectivity index (χ3n) is 19.7. The van der Waals surface area contributed by atoms with Crippen LogP contribution in [-0.4, -0.2) is 247 Å². The minimum Gasteiger partial charge on any atom is -0.489 e. The van der Waals surface area contributed by atoms with Gasteiger partial charge in [0, 0.05) is 111 Å². The largest absolute Gasteiger partial charge is 0.489 e. The molecule has 8 aromatic heterocycles. The topological polar surface area (TPSA) is 468 Å². The maximum atomic E-state index is 13.1. The molecular formula is C90H110N22O13S8. The summed E-state index contributed by atoms with van der Waals surface area (Å²) in [6.07, 6.45) is 1.62. The van der Waals surface area contributed by atoms with E-state index in [4.69, 9.17) is 46.9 Å². The molecule has 10 heterocycles. The number of hydrogen-bond donors (Lipinski definition) is 9. The van der Waals surface area contributed by atoms with E-state index in [2.05, 4.69) is 68.1 Å². The fourth-order valence-electron chi connectivity index (χ4n) is 13.1. The van der Waals surface area contributed by atoms with E-state index in [0.717, 1.165) is 92.0 Å². The van der Waals surface area contributed by atoms with Crippen LogP contribution in [0.25, 0.3) is 42.3 Å². The average Bonchev–Trinajstić information content (AvgIpc) is 1.66. The number of ether oxygens (including phenoxy) is 4. The third-order valence-corrected chi connectivity index (χ3v) is 27.4. The summed E-state index contributed by atoms with van der Waals surface area (Å²) in [6.45, 7) is 28.7. The van der Waals surface area contributed by atoms with Crippen molar-refractivity contribution in [3.05, 3.63) is 159 Å². The van der Waals surface area contributed by atoms with Crippen molar-refractivity contribution in [1.82, 2.24) is 69.3 Å². The number of likely N-dealkylation sites (tertiary alicyclic amines) is 1. The second kappa shape index (κ2) is 46.1. The molecule has 14 rings (SSSR count). The number of aliphatic hydroxyl groups excluding tert-OH is 1. The van der Waals surface area contributed by atoms with Gasteiger partial charge in [0.2, 0.25) is 23.6 Å². The number of carbonyl (C=O) groups excluding carboxylic acids is 8. The van der Waals surface area contributed by atoms with Crippen LogP contribution >= 0.6 is 90.7 Å². The molecule has 0 aliphatic carbocycles. The smallest absolute Gasteiger partial charge is 0.282 e. The predicted octanol–water partition coefficient (Wildman–Crippen LogP) is 15.5. The second-order valence-corrected chi connectivity index (χ2v) is 40.0. The van der Waals surface area contributed by atoms with Crippen molar-refractivity contribution in [2.24, 2.45) is 22.9 Å². The number of nitrogens with one attached hydrogen (secondary N) is 4. The first-order valence-corrected chi connectivity index (χ1v) is 49.2. The zero-order chi connectivity index (χ0) is 96.5. The minimum absolute atomic E-state index is 0.0213. The number of anilines is 8. The van der Waals surface area contributed by atoms with E-state index in [1.807, 2.05) is 129 Å². The van der Waals surface area contributed by atoms with E-state index < -0.39 is 23.6 Å². The number of aromatic nitrogens is 8. The molecule has 0 atom stereocenters. The van der Waals surface area contributed by atoms with Crippen LogP contribution in [0.3, 0.4) is 0 Å². The maximum absolute atomic E-state index is 13.1. The van der Waals surface area contributed by atoms with E-state index in [-0.39, 0.29) is 54.1 Å². The molecule has 2 aliphatic rings. The van der Waals surface area contributed by atoms with Crippen molar-refractivity contribution >= 4 is 181 Å². The Morgan fingerprint density at radius 3 is 0.992 bits per heavy atom. The van der Waals surface area contributed by atoms with Crippen LogP contribution < -0.4 is 63.1 Å². The number of thiazole rings is 8. The number of amides is 8. The van der Waals surface area contributed by atoms with Crippen molar-refractivity contribution in [3.63, 3.8) is 0 Å². The van der Waals surface area contributed by atoms with E-state index in [0.29, 0.717) is 153 Å². The molecule has 0 unspecified atom stereocenters. The number of piperidine rings is 1. The number of hydrogen-bond acceptors (Lipinski definition) is 35. The number of aryl methyl sites for hydroxylation is 4. The van der Waals surface area contributed by atoms with Gasteiger partial charge in [0.1, 0.15) is 23.0 Å². The first kappa shape index (κ1) is 101. The lowest BCUT2D eigenvalue weighted by molar-refractivity contribution is 0.0544. The quantitative estimate of drug-likeness (QED) is 0.0195. The van der Waals surface area contributed by atoms with Gasteiger partial charge in [0.25, 0.3) is 23.6 Å². The molecule has 2 aliphatic heterocycles. The summed E-state index contributed by atoms with van der Waals surface area (Å²) in [5.74, 6) is -0.0758. The number of likely N-dealkylation sites (N-methyl/N-ethyl adjacent to an activating group) is 3. The summed E-state index contributed by atoms with van der Waals surface area (Å²) in [6, 6.07) is 20.0. The van der Waals surface area contributed by atoms with Crippen LogP contribution in [0.15, 0.2) is 94.3 Å². The van der Waals surface area contributed by atoms with Gasteiger partial charge in [-0.15, -0.1) is 90.7 Å². The summed E-state index contributed by atoms with van der Waals surface area (Å²) < 4.78 is 23.4. The highest BCUT2D eigenvalue weighted by Gasteiger charge is 2.30. The monoisotopic (exact) mass is 1960 g/mol. The summed E-state index contributed by atoms with van der Waals surface area (Å²) in [5.41, 5.74) is 31.6. The molecule has 0 saturated carbocycles. The molecule has 0 radical (unpaired) electrons. The van der Waals surface area contributed by atoms with E-state index in [1.165, 1.54) is 95.6 Å². The molecule has 2 fully saturated rings. The van der Waals surface area contributed by atoms with Gasteiger partial charge in [-0.25, -0.2) is 39.9 Å². The molecule has 133 heavy (non-hydrogen) atoms. The summed E-state index contributed by atoms with van der Waals surface area (Å²) in [7, 11) is 11.2. The van der Waals surface area contributed by atoms with Crippen LogP contribution in [0.4, 0.5) is 43.3 Å². The molecule has 12 aromatic rings. The zero-order valence-corrected chi connectivity index (χ0v) is 83.6. The van der Waals surface area contributed by atoms with Gasteiger partial charge in [-0.3, -0.25) is 38.4 Å². The molecule has 43 heteroatoms. The predicted molar refractivity (Wildman–Crippen MR) is 531 cm³/mol. The highest BCUT2D eigenvalue weighted by molar-refractivity contribution is 7.20. The Balaban J connectivity index is 0.000000171. The van der Waals surface area contributed by atoms with Gasteiger partial charge in [-0.05, 0) is 203 Å². The Bertz CT molecular complexity index is 6130. The third kappa shape index (κ3) is 27.6. The van der Waals surface area contributed by atoms with Crippen LogP contribution in [0, 0.1) is 27.7 Å². The maximum Gasteiger partial charge on any atom is 0.282 e. The number of nitrogens with two attached hydrogens (primary N) is 4. The van der Waals surface area contributed by atoms with Gasteiger partial charge in [-0.2, -0.15) is 0 Å².